The molecule has 0 aliphatic carbocycles. The van der Waals surface area contributed by atoms with Crippen LogP contribution >= 0.6 is 0 Å². The Morgan fingerprint density at radius 2 is 2.15 bits per heavy atom. The summed E-state index contributed by atoms with van der Waals surface area (Å²) in [5.74, 6) is 0. The zero-order chi connectivity index (χ0) is 10.2. The van der Waals surface area contributed by atoms with Crippen LogP contribution in [0, 0.1) is 0 Å². The Hall–Kier alpha value is -0.760. The van der Waals surface area contributed by atoms with Crippen LogP contribution in [-0.4, -0.2) is 12.1 Å². The molecule has 1 atom stereocenters. The minimum atomic E-state index is -0.264. The largest absolute Gasteiger partial charge is 0.494 e. The van der Waals surface area contributed by atoms with Crippen molar-refractivity contribution in [1.82, 2.24) is 0 Å². The molecular formula is C11H21NO. The van der Waals surface area contributed by atoms with Crippen LogP contribution in [0.4, 0.5) is 0 Å². The molecule has 0 aromatic rings. The molecule has 0 spiro atoms. The molecule has 0 rings (SSSR count). The number of hydrogen-bond acceptors (Lipinski definition) is 2. The molecule has 2 nitrogen and oxygen atoms in total. The van der Waals surface area contributed by atoms with E-state index in [9.17, 15) is 0 Å². The smallest absolute Gasteiger partial charge is 0.124 e. The highest BCUT2D eigenvalue weighted by molar-refractivity contribution is 4.90. The Morgan fingerprint density at radius 1 is 1.46 bits per heavy atom. The number of rotatable bonds is 8. The average Bonchev–Trinajstić information content (AvgIpc) is 2.15. The zero-order valence-electron chi connectivity index (χ0n) is 8.59. The lowest BCUT2D eigenvalue weighted by Gasteiger charge is -2.30. The van der Waals surface area contributed by atoms with Crippen molar-refractivity contribution in [3.63, 3.8) is 0 Å². The molecule has 0 aliphatic heterocycles. The fourth-order valence-electron chi connectivity index (χ4n) is 1.38. The molecule has 0 saturated heterocycles. The van der Waals surface area contributed by atoms with Gasteiger partial charge in [0, 0.05) is 13.0 Å². The van der Waals surface area contributed by atoms with Crippen LogP contribution in [0.1, 0.15) is 32.6 Å². The van der Waals surface area contributed by atoms with E-state index in [-0.39, 0.29) is 5.60 Å². The van der Waals surface area contributed by atoms with Gasteiger partial charge in [-0.25, -0.2) is 0 Å². The van der Waals surface area contributed by atoms with E-state index in [1.54, 1.807) is 0 Å². The van der Waals surface area contributed by atoms with E-state index < -0.39 is 0 Å². The van der Waals surface area contributed by atoms with E-state index in [0.29, 0.717) is 6.54 Å². The summed E-state index contributed by atoms with van der Waals surface area (Å²) in [5, 5.41) is 0. The molecule has 0 heterocycles. The first kappa shape index (κ1) is 12.2. The van der Waals surface area contributed by atoms with E-state index in [0.717, 1.165) is 25.7 Å². The normalized spacial score (nSPS) is 14.6. The molecule has 0 radical (unpaired) electrons. The minimum Gasteiger partial charge on any atom is -0.494 e. The van der Waals surface area contributed by atoms with Crippen LogP contribution in [0.15, 0.2) is 25.5 Å². The summed E-state index contributed by atoms with van der Waals surface area (Å²) in [7, 11) is 0. The highest BCUT2D eigenvalue weighted by Crippen LogP contribution is 2.23. The molecule has 1 unspecified atom stereocenters. The van der Waals surface area contributed by atoms with Crippen molar-refractivity contribution in [3.8, 4) is 0 Å². The number of nitrogens with two attached hydrogens (primary N) is 1. The predicted octanol–water partition coefficient (Wildman–Crippen LogP) is 2.61. The Bertz CT molecular complexity index is 144. The van der Waals surface area contributed by atoms with Crippen molar-refractivity contribution in [2.24, 2.45) is 5.73 Å². The lowest BCUT2D eigenvalue weighted by Crippen LogP contribution is -2.39. The second-order valence-electron chi connectivity index (χ2n) is 3.27. The molecule has 2 heteroatoms. The van der Waals surface area contributed by atoms with Crippen LogP contribution in [0.5, 0.6) is 0 Å². The zero-order valence-corrected chi connectivity index (χ0v) is 8.59. The van der Waals surface area contributed by atoms with Gasteiger partial charge in [-0.3, -0.25) is 0 Å². The maximum absolute atomic E-state index is 5.70. The molecule has 76 valence electrons. The van der Waals surface area contributed by atoms with E-state index in [2.05, 4.69) is 20.1 Å². The van der Waals surface area contributed by atoms with Crippen molar-refractivity contribution >= 4 is 0 Å². The van der Waals surface area contributed by atoms with Gasteiger partial charge in [-0.15, -0.1) is 6.58 Å². The molecule has 0 aromatic heterocycles. The molecule has 0 amide bonds. The van der Waals surface area contributed by atoms with Gasteiger partial charge in [0.15, 0.2) is 0 Å². The van der Waals surface area contributed by atoms with E-state index in [4.69, 9.17) is 10.5 Å². The van der Waals surface area contributed by atoms with Gasteiger partial charge >= 0.3 is 0 Å². The Labute approximate surface area is 81.5 Å². The van der Waals surface area contributed by atoms with Gasteiger partial charge in [-0.05, 0) is 12.8 Å². The van der Waals surface area contributed by atoms with Gasteiger partial charge in [-0.1, -0.05) is 26.0 Å². The van der Waals surface area contributed by atoms with Crippen LogP contribution in [0.3, 0.4) is 0 Å². The lowest BCUT2D eigenvalue weighted by molar-refractivity contribution is 0.0231. The molecule has 13 heavy (non-hydrogen) atoms. The first-order valence-electron chi connectivity index (χ1n) is 4.84. The quantitative estimate of drug-likeness (QED) is 0.464. The number of hydrogen-bond donors (Lipinski definition) is 1. The van der Waals surface area contributed by atoms with Crippen LogP contribution < -0.4 is 5.73 Å². The van der Waals surface area contributed by atoms with Crippen molar-refractivity contribution < 1.29 is 4.74 Å². The third-order valence-electron chi connectivity index (χ3n) is 2.21. The molecule has 0 bridgehead atoms. The Balaban J connectivity index is 4.23. The summed E-state index contributed by atoms with van der Waals surface area (Å²) < 4.78 is 5.49. The van der Waals surface area contributed by atoms with Crippen molar-refractivity contribution in [2.45, 2.75) is 38.2 Å². The third-order valence-corrected chi connectivity index (χ3v) is 2.21. The van der Waals surface area contributed by atoms with Crippen LogP contribution in [-0.2, 0) is 4.74 Å². The predicted molar refractivity (Wildman–Crippen MR) is 57.4 cm³/mol. The fraction of sp³-hybridized carbons (Fsp3) is 0.636. The first-order chi connectivity index (χ1) is 6.24. The maximum Gasteiger partial charge on any atom is 0.124 e. The first-order valence-corrected chi connectivity index (χ1v) is 4.84. The monoisotopic (exact) mass is 183 g/mol. The molecule has 0 saturated carbocycles. The molecule has 0 fully saturated rings. The summed E-state index contributed by atoms with van der Waals surface area (Å²) >= 11 is 0. The Kier molecular flexibility index (Phi) is 6.33. The highest BCUT2D eigenvalue weighted by atomic mass is 16.5. The van der Waals surface area contributed by atoms with E-state index in [1.165, 1.54) is 6.26 Å². The van der Waals surface area contributed by atoms with E-state index >= 15 is 0 Å². The third kappa shape index (κ3) is 4.13. The summed E-state index contributed by atoms with van der Waals surface area (Å²) in [6.45, 7) is 9.96. The van der Waals surface area contributed by atoms with Gasteiger partial charge in [0.05, 0.1) is 6.26 Å². The molecular weight excluding hydrogens is 162 g/mol. The maximum atomic E-state index is 5.70. The van der Waals surface area contributed by atoms with Gasteiger partial charge in [0.25, 0.3) is 0 Å². The molecule has 0 aliphatic rings. The molecule has 0 aromatic carbocycles. The number of unbranched alkanes of at least 4 members (excludes halogenated alkanes) is 1. The topological polar surface area (TPSA) is 35.2 Å². The van der Waals surface area contributed by atoms with Gasteiger partial charge < -0.3 is 10.5 Å². The van der Waals surface area contributed by atoms with E-state index in [1.807, 2.05) is 6.08 Å². The summed E-state index contributed by atoms with van der Waals surface area (Å²) in [5.41, 5.74) is 5.44. The van der Waals surface area contributed by atoms with Crippen LogP contribution in [0.2, 0.25) is 0 Å². The SMILES string of the molecule is C=CCC(CN)(CCCC)OC=C. The van der Waals surface area contributed by atoms with Gasteiger partial charge in [0.2, 0.25) is 0 Å². The lowest BCUT2D eigenvalue weighted by atomic mass is 9.93. The summed E-state index contributed by atoms with van der Waals surface area (Å²) in [6, 6.07) is 0. The van der Waals surface area contributed by atoms with Crippen molar-refractivity contribution in [3.05, 3.63) is 25.5 Å². The Morgan fingerprint density at radius 3 is 2.54 bits per heavy atom. The van der Waals surface area contributed by atoms with Gasteiger partial charge in [0.1, 0.15) is 5.60 Å². The summed E-state index contributed by atoms with van der Waals surface area (Å²) in [6.07, 6.45) is 7.36. The average molecular weight is 183 g/mol. The van der Waals surface area contributed by atoms with Crippen molar-refractivity contribution in [2.75, 3.05) is 6.54 Å². The molecule has 2 N–H and O–H groups in total. The summed E-state index contributed by atoms with van der Waals surface area (Å²) in [4.78, 5) is 0. The second kappa shape index (κ2) is 6.72. The van der Waals surface area contributed by atoms with Crippen LogP contribution in [0.25, 0.3) is 0 Å². The fourth-order valence-corrected chi connectivity index (χ4v) is 1.38. The number of ether oxygens (including phenoxy) is 1. The highest BCUT2D eigenvalue weighted by Gasteiger charge is 2.26. The standard InChI is InChI=1S/C11H21NO/c1-4-7-9-11(10-12,8-5-2)13-6-3/h5-6H,2-4,7-10,12H2,1H3. The van der Waals surface area contributed by atoms with Crippen molar-refractivity contribution in [1.29, 1.82) is 0 Å². The van der Waals surface area contributed by atoms with Gasteiger partial charge in [-0.2, -0.15) is 0 Å². The minimum absolute atomic E-state index is 0.264. The second-order valence-corrected chi connectivity index (χ2v) is 3.27.